The van der Waals surface area contributed by atoms with Gasteiger partial charge in [-0.05, 0) is 25.0 Å². The van der Waals surface area contributed by atoms with Crippen LogP contribution in [0, 0.1) is 0 Å². The molecule has 1 aliphatic rings. The molecule has 1 fully saturated rings. The quantitative estimate of drug-likeness (QED) is 0.659. The summed E-state index contributed by atoms with van der Waals surface area (Å²) in [7, 11) is 3.14. The molecule has 2 amide bonds. The Morgan fingerprint density at radius 1 is 1.32 bits per heavy atom. The normalized spacial score (nSPS) is 19.9. The Morgan fingerprint density at radius 2 is 2.04 bits per heavy atom. The summed E-state index contributed by atoms with van der Waals surface area (Å²) in [6, 6.07) is 7.46. The largest absolute Gasteiger partial charge is 0.379 e. The minimum absolute atomic E-state index is 0.137. The molecule has 1 aromatic carbocycles. The molecule has 2 N–H and O–H groups in total. The van der Waals surface area contributed by atoms with Crippen molar-refractivity contribution in [3.8, 4) is 0 Å². The number of benzene rings is 1. The molecule has 2 rings (SSSR count). The van der Waals surface area contributed by atoms with Crippen molar-refractivity contribution in [1.29, 1.82) is 0 Å². The van der Waals surface area contributed by atoms with E-state index in [9.17, 15) is 9.59 Å². The van der Waals surface area contributed by atoms with Gasteiger partial charge in [0.2, 0.25) is 5.91 Å². The van der Waals surface area contributed by atoms with Crippen LogP contribution in [0.5, 0.6) is 0 Å². The van der Waals surface area contributed by atoms with Gasteiger partial charge in [0.1, 0.15) is 5.54 Å². The maximum Gasteiger partial charge on any atom is 0.252 e. The lowest BCUT2D eigenvalue weighted by molar-refractivity contribution is -0.128. The first kappa shape index (κ1) is 19.4. The molecule has 7 nitrogen and oxygen atoms in total. The third kappa shape index (κ3) is 4.78. The number of rotatable bonds is 9. The highest BCUT2D eigenvalue weighted by atomic mass is 16.7. The number of methoxy groups -OCH3 is 2. The van der Waals surface area contributed by atoms with Crippen LogP contribution in [0.15, 0.2) is 24.3 Å². The summed E-state index contributed by atoms with van der Waals surface area (Å²) >= 11 is 0. The van der Waals surface area contributed by atoms with E-state index in [1.165, 1.54) is 0 Å². The van der Waals surface area contributed by atoms with Crippen LogP contribution in [0.3, 0.4) is 0 Å². The summed E-state index contributed by atoms with van der Waals surface area (Å²) in [6.45, 7) is 2.49. The van der Waals surface area contributed by atoms with Crippen LogP contribution in [0.25, 0.3) is 0 Å². The Bertz CT molecular complexity index is 603. The van der Waals surface area contributed by atoms with Crippen molar-refractivity contribution >= 4 is 17.5 Å². The molecule has 1 unspecified atom stereocenters. The predicted octanol–water partition coefficient (Wildman–Crippen LogP) is 1.47. The molecule has 25 heavy (non-hydrogen) atoms. The van der Waals surface area contributed by atoms with Crippen LogP contribution in [0.4, 0.5) is 5.69 Å². The van der Waals surface area contributed by atoms with Gasteiger partial charge >= 0.3 is 0 Å². The fraction of sp³-hybridized carbons (Fsp3) is 0.556. The average molecular weight is 350 g/mol. The van der Waals surface area contributed by atoms with Crippen molar-refractivity contribution in [2.24, 2.45) is 0 Å². The third-order valence-electron chi connectivity index (χ3n) is 4.32. The maximum absolute atomic E-state index is 12.9. The molecule has 0 aliphatic carbocycles. The van der Waals surface area contributed by atoms with Crippen molar-refractivity contribution in [3.63, 3.8) is 0 Å². The van der Waals surface area contributed by atoms with Gasteiger partial charge in [0.05, 0.1) is 6.61 Å². The topological polar surface area (TPSA) is 85.9 Å². The number of anilines is 1. The van der Waals surface area contributed by atoms with Gasteiger partial charge in [-0.15, -0.1) is 0 Å². The molecule has 1 aliphatic heterocycles. The minimum atomic E-state index is -1.03. The summed E-state index contributed by atoms with van der Waals surface area (Å²) in [6.07, 6.45) is 0.825. The van der Waals surface area contributed by atoms with Gasteiger partial charge < -0.3 is 24.8 Å². The van der Waals surface area contributed by atoms with E-state index < -0.39 is 11.8 Å². The Labute approximate surface area is 148 Å². The fourth-order valence-electron chi connectivity index (χ4n) is 2.84. The Balaban J connectivity index is 2.17. The van der Waals surface area contributed by atoms with E-state index in [1.807, 2.05) is 31.2 Å². The van der Waals surface area contributed by atoms with E-state index in [1.54, 1.807) is 14.2 Å². The SMILES string of the molecule is CCOCC1(C(=O)Nc2ccccc2CC(OC)OC)CCC(=O)N1. The van der Waals surface area contributed by atoms with Gasteiger partial charge in [0.15, 0.2) is 6.29 Å². The van der Waals surface area contributed by atoms with Gasteiger partial charge in [0.25, 0.3) is 5.91 Å². The molecule has 1 atom stereocenters. The predicted molar refractivity (Wildman–Crippen MR) is 93.2 cm³/mol. The van der Waals surface area contributed by atoms with Gasteiger partial charge in [-0.3, -0.25) is 9.59 Å². The van der Waals surface area contributed by atoms with Crippen LogP contribution in [-0.2, 0) is 30.2 Å². The lowest BCUT2D eigenvalue weighted by atomic mass is 9.97. The number of para-hydroxylation sites is 1. The molecular weight excluding hydrogens is 324 g/mol. The molecule has 1 heterocycles. The summed E-state index contributed by atoms with van der Waals surface area (Å²) in [5.41, 5.74) is 0.534. The maximum atomic E-state index is 12.9. The number of ether oxygens (including phenoxy) is 3. The summed E-state index contributed by atoms with van der Waals surface area (Å²) in [4.78, 5) is 24.6. The number of carbonyl (C=O) groups excluding carboxylic acids is 2. The average Bonchev–Trinajstić information content (AvgIpc) is 3.01. The smallest absolute Gasteiger partial charge is 0.252 e. The summed E-state index contributed by atoms with van der Waals surface area (Å²) in [5, 5.41) is 5.71. The zero-order valence-electron chi connectivity index (χ0n) is 15.0. The number of hydrogen-bond acceptors (Lipinski definition) is 5. The summed E-state index contributed by atoms with van der Waals surface area (Å²) < 4.78 is 15.9. The van der Waals surface area contributed by atoms with Gasteiger partial charge in [-0.25, -0.2) is 0 Å². The second kappa shape index (κ2) is 8.94. The first-order valence-corrected chi connectivity index (χ1v) is 8.38. The number of hydrogen-bond donors (Lipinski definition) is 2. The Hall–Kier alpha value is -1.96. The molecule has 1 saturated heterocycles. The molecular formula is C18H26N2O5. The first-order valence-electron chi connectivity index (χ1n) is 8.38. The van der Waals surface area contributed by atoms with Crippen LogP contribution < -0.4 is 10.6 Å². The van der Waals surface area contributed by atoms with Crippen LogP contribution in [0.2, 0.25) is 0 Å². The minimum Gasteiger partial charge on any atom is -0.379 e. The molecule has 1 aromatic rings. The second-order valence-corrected chi connectivity index (χ2v) is 5.98. The van der Waals surface area contributed by atoms with Crippen molar-refractivity contribution in [2.75, 3.05) is 32.8 Å². The van der Waals surface area contributed by atoms with E-state index in [4.69, 9.17) is 14.2 Å². The Kier molecular flexibility index (Phi) is 6.92. The highest BCUT2D eigenvalue weighted by molar-refractivity contribution is 6.03. The Morgan fingerprint density at radius 3 is 2.64 bits per heavy atom. The van der Waals surface area contributed by atoms with Crippen molar-refractivity contribution in [1.82, 2.24) is 5.32 Å². The molecule has 7 heteroatoms. The van der Waals surface area contributed by atoms with Gasteiger partial charge in [-0.2, -0.15) is 0 Å². The van der Waals surface area contributed by atoms with E-state index in [-0.39, 0.29) is 18.4 Å². The zero-order valence-corrected chi connectivity index (χ0v) is 15.0. The van der Waals surface area contributed by atoms with Crippen LogP contribution >= 0.6 is 0 Å². The lowest BCUT2D eigenvalue weighted by Crippen LogP contribution is -2.55. The van der Waals surface area contributed by atoms with E-state index in [0.717, 1.165) is 5.56 Å². The third-order valence-corrected chi connectivity index (χ3v) is 4.32. The molecule has 138 valence electrons. The second-order valence-electron chi connectivity index (χ2n) is 5.98. The first-order chi connectivity index (χ1) is 12.0. The number of nitrogens with one attached hydrogen (secondary N) is 2. The molecule has 0 radical (unpaired) electrons. The molecule has 0 bridgehead atoms. The number of amides is 2. The fourth-order valence-corrected chi connectivity index (χ4v) is 2.84. The van der Waals surface area contributed by atoms with Crippen LogP contribution in [-0.4, -0.2) is 51.1 Å². The van der Waals surface area contributed by atoms with Crippen molar-refractivity contribution < 1.29 is 23.8 Å². The van der Waals surface area contributed by atoms with Crippen LogP contribution in [0.1, 0.15) is 25.3 Å². The van der Waals surface area contributed by atoms with Gasteiger partial charge in [-0.1, -0.05) is 18.2 Å². The van der Waals surface area contributed by atoms with Gasteiger partial charge in [0, 0.05) is 39.4 Å². The zero-order chi connectivity index (χ0) is 18.3. The molecule has 0 saturated carbocycles. The van der Waals surface area contributed by atoms with Crippen molar-refractivity contribution in [2.45, 2.75) is 38.0 Å². The van der Waals surface area contributed by atoms with Crippen molar-refractivity contribution in [3.05, 3.63) is 29.8 Å². The number of carbonyl (C=O) groups is 2. The highest BCUT2D eigenvalue weighted by Gasteiger charge is 2.45. The van der Waals surface area contributed by atoms with E-state index in [0.29, 0.717) is 31.6 Å². The molecule has 0 spiro atoms. The summed E-state index contributed by atoms with van der Waals surface area (Å²) in [5.74, 6) is -0.410. The standard InChI is InChI=1S/C18H26N2O5/c1-4-25-12-18(10-9-15(21)20-18)17(22)19-14-8-6-5-7-13(14)11-16(23-2)24-3/h5-8,16H,4,9-12H2,1-3H3,(H,19,22)(H,20,21). The van der Waals surface area contributed by atoms with E-state index in [2.05, 4.69) is 10.6 Å². The van der Waals surface area contributed by atoms with E-state index >= 15 is 0 Å². The molecule has 0 aromatic heterocycles. The highest BCUT2D eigenvalue weighted by Crippen LogP contribution is 2.25. The lowest BCUT2D eigenvalue weighted by Gasteiger charge is -2.28. The monoisotopic (exact) mass is 350 g/mol.